The lowest BCUT2D eigenvalue weighted by Crippen LogP contribution is -2.15. The smallest absolute Gasteiger partial charge is 0.384 e. The predicted octanol–water partition coefficient (Wildman–Crippen LogP) is 29.7. The number of aryl methyl sites for hydroxylation is 6. The number of rotatable bonds is 22. The quantitative estimate of drug-likeness (QED) is 0.0290. The van der Waals surface area contributed by atoms with E-state index in [9.17, 15) is 119 Å². The van der Waals surface area contributed by atoms with Gasteiger partial charge in [-0.25, -0.2) is 56.2 Å². The third kappa shape index (κ3) is 32.4. The highest BCUT2D eigenvalue weighted by Gasteiger charge is 2.42. The molecule has 0 atom stereocenters. The van der Waals surface area contributed by atoms with Gasteiger partial charge in [0.1, 0.15) is 46.3 Å². The summed E-state index contributed by atoms with van der Waals surface area (Å²) in [4.78, 5) is 30.1. The second kappa shape index (κ2) is 47.7. The molecule has 1 aliphatic rings. The van der Waals surface area contributed by atoms with Crippen LogP contribution in [0.5, 0.6) is 0 Å². The van der Waals surface area contributed by atoms with Crippen molar-refractivity contribution in [2.24, 2.45) is 5.92 Å². The van der Waals surface area contributed by atoms with Crippen molar-refractivity contribution in [1.82, 2.24) is 39.9 Å². The number of aromatic nitrogens is 8. The van der Waals surface area contributed by atoms with Gasteiger partial charge in [0.2, 0.25) is 0 Å². The zero-order valence-electron chi connectivity index (χ0n) is 74.4. The number of pyridine rings is 8. The Morgan fingerprint density at radius 3 is 0.993 bits per heavy atom. The van der Waals surface area contributed by atoms with E-state index in [4.69, 9.17) is 0 Å². The normalized spacial score (nSPS) is 12.0. The Morgan fingerprint density at radius 2 is 0.660 bits per heavy atom. The molecule has 14 aromatic rings. The highest BCUT2D eigenvalue weighted by molar-refractivity contribution is 5.68. The van der Waals surface area contributed by atoms with Crippen molar-refractivity contribution in [3.8, 4) is 79.4 Å². The molecule has 6 aromatic carbocycles. The van der Waals surface area contributed by atoms with Crippen LogP contribution in [-0.2, 0) is 68.9 Å². The Labute approximate surface area is 789 Å². The molecule has 0 bridgehead atoms. The lowest BCUT2D eigenvalue weighted by molar-refractivity contribution is -0.142. The summed E-state index contributed by atoms with van der Waals surface area (Å²) in [6.07, 6.45) is -22.4. The van der Waals surface area contributed by atoms with Gasteiger partial charge in [-0.1, -0.05) is 90.9 Å². The molecule has 738 valence electrons. The van der Waals surface area contributed by atoms with Crippen LogP contribution in [0.15, 0.2) is 262 Å². The van der Waals surface area contributed by atoms with E-state index in [0.717, 1.165) is 60.4 Å². The summed E-state index contributed by atoms with van der Waals surface area (Å²) in [5, 5.41) is 10.7. The number of alkyl halides is 21. The molecule has 1 fully saturated rings. The minimum Gasteiger partial charge on any atom is -0.384 e. The zero-order valence-corrected chi connectivity index (χ0v) is 74.4. The highest BCUT2D eigenvalue weighted by Crippen LogP contribution is 2.43. The van der Waals surface area contributed by atoms with Gasteiger partial charge in [-0.3, -0.25) is 9.97 Å². The van der Waals surface area contributed by atoms with E-state index in [1.807, 2.05) is 13.8 Å². The van der Waals surface area contributed by atoms with Gasteiger partial charge >= 0.3 is 43.2 Å². The fraction of sp³-hybridized carbons (Fsp3) is 0.216. The summed E-state index contributed by atoms with van der Waals surface area (Å²) in [5.74, 6) is 1.86. The van der Waals surface area contributed by atoms with E-state index in [-0.39, 0.29) is 129 Å². The van der Waals surface area contributed by atoms with Crippen molar-refractivity contribution in [2.45, 2.75) is 109 Å². The molecule has 0 radical (unpaired) electrons. The number of benzene rings is 6. The Morgan fingerprint density at radius 1 is 0.333 bits per heavy atom. The first-order valence-corrected chi connectivity index (χ1v) is 42.4. The lowest BCUT2D eigenvalue weighted by Gasteiger charge is -2.15. The van der Waals surface area contributed by atoms with Gasteiger partial charge in [0.05, 0.1) is 69.0 Å². The summed E-state index contributed by atoms with van der Waals surface area (Å²) < 4.78 is 356. The number of halogens is 27. The topological polar surface area (TPSA) is 151 Å². The van der Waals surface area contributed by atoms with Gasteiger partial charge in [0.25, 0.3) is 0 Å². The van der Waals surface area contributed by atoms with Crippen LogP contribution < -0.4 is 21.3 Å². The van der Waals surface area contributed by atoms with E-state index < -0.39 is 118 Å². The Hall–Kier alpha value is -14.9. The molecule has 1 aliphatic carbocycles. The Bertz CT molecular complexity index is 6660. The van der Waals surface area contributed by atoms with Crippen molar-refractivity contribution in [1.29, 1.82) is 0 Å². The fourth-order valence-corrected chi connectivity index (χ4v) is 13.4. The molecule has 8 aromatic heterocycles. The van der Waals surface area contributed by atoms with Crippen LogP contribution in [0.1, 0.15) is 99.8 Å². The van der Waals surface area contributed by atoms with E-state index in [2.05, 4.69) is 79.6 Å². The van der Waals surface area contributed by atoms with Gasteiger partial charge in [-0.2, -0.15) is 92.2 Å². The summed E-state index contributed by atoms with van der Waals surface area (Å²) >= 11 is 0. The van der Waals surface area contributed by atoms with Crippen molar-refractivity contribution >= 4 is 22.7 Å². The number of nitrogens with one attached hydrogen (secondary N) is 4. The van der Waals surface area contributed by atoms with Crippen molar-refractivity contribution in [3.05, 3.63) is 370 Å². The fourth-order valence-electron chi connectivity index (χ4n) is 13.4. The third-order valence-electron chi connectivity index (χ3n) is 20.2. The van der Waals surface area contributed by atoms with Gasteiger partial charge in [0, 0.05) is 83.9 Å². The van der Waals surface area contributed by atoms with E-state index in [1.165, 1.54) is 182 Å². The molecule has 1 saturated carbocycles. The largest absolute Gasteiger partial charge is 0.435 e. The van der Waals surface area contributed by atoms with Crippen LogP contribution >= 0.6 is 0 Å². The van der Waals surface area contributed by atoms with Gasteiger partial charge in [0.15, 0.2) is 22.8 Å². The molecule has 0 saturated heterocycles. The standard InChI is InChI=1S/C21H14F7N.C20H13F6N.C16H14F4N2.C16H12F4N2.C15H14F3N3.C14H14F3N3/c22-17-3-1-2-15(12-17)18-11-8-14(19(29-18)21(26,27)28)7-4-13-5-9-16(10-6-13)20(23,24)25;21-15-3-1-2-14(10-15)18-9-7-13(19(27-18)20(24,25)26)5-4-12-6-8-16(22)11-17(12)23;17-12-3-1-2-11(8-12)13-6-7-14(21-9-10-4-5-10)15(22-13)16(18,19)20;1-2-3-9-21-14-8-7-13(22-15(14)16(18,19)20)11-5-4-6-12(17)10-11;1-3-6-20-13-5-4-12(21-14(13)15(16,17)18)11-7-10(2)8-19-9-11;1-3-19-12-5-4-11(20-13(12)14(15,16)17)10-6-9(2)7-18-8-10/h1-3,5-6,8-12H,4,7H2;1-3,6-11H,4-5H2;1-3,6-8,10,21H,4-5,9H2;4-8,10,21H,9H2,1H3;3-5,7-9,20H,1,6H2,2H3;4-8,19H,3H2,1-2H3. The third-order valence-corrected chi connectivity index (χ3v) is 20.2. The van der Waals surface area contributed by atoms with E-state index in [1.54, 1.807) is 44.4 Å². The average Bonchev–Trinajstić information content (AvgIpc) is 1.80. The molecular formula is C102H81F27N12. The second-order valence-electron chi connectivity index (χ2n) is 31.0. The van der Waals surface area contributed by atoms with E-state index in [0.29, 0.717) is 47.3 Å². The minimum absolute atomic E-state index is 0.00985. The number of hydrogen-bond donors (Lipinski definition) is 4. The minimum atomic E-state index is -4.72. The van der Waals surface area contributed by atoms with Crippen molar-refractivity contribution in [2.75, 3.05) is 47.4 Å². The molecular weight excluding hydrogens is 1910 g/mol. The van der Waals surface area contributed by atoms with Crippen LogP contribution in [0.2, 0.25) is 0 Å². The molecule has 39 heteroatoms. The molecule has 0 amide bonds. The SMILES string of the molecule is C=CCNc1ccc(-c2cncc(C)c2)nc1C(F)(F)F.CC#CCNc1ccc(-c2cccc(F)c2)nc1C(F)(F)F.CCNc1ccc(-c2cncc(C)c2)nc1C(F)(F)F.Fc1cccc(-c2ccc(CCc3ccc(C(F)(F)F)cc3)c(C(F)(F)F)n2)c1.Fc1cccc(-c2ccc(CCc3ccc(F)cc3F)c(C(F)(F)F)n2)c1.Fc1cccc(-c2ccc(NCC3CC3)c(C(F)(F)F)n2)c1. The maximum Gasteiger partial charge on any atom is 0.435 e. The summed E-state index contributed by atoms with van der Waals surface area (Å²) in [6, 6.07) is 48.2. The molecule has 141 heavy (non-hydrogen) atoms. The maximum absolute atomic E-state index is 13.7. The van der Waals surface area contributed by atoms with Crippen molar-refractivity contribution < 1.29 is 119 Å². The Balaban J connectivity index is 0.000000175. The molecule has 12 nitrogen and oxygen atoms in total. The highest BCUT2D eigenvalue weighted by atomic mass is 19.4. The summed E-state index contributed by atoms with van der Waals surface area (Å²) in [5.41, 5.74) is -2.26. The number of nitrogens with zero attached hydrogens (tertiary/aromatic N) is 8. The predicted molar refractivity (Wildman–Crippen MR) is 482 cm³/mol. The molecule has 0 aliphatic heterocycles. The van der Waals surface area contributed by atoms with Crippen LogP contribution in [0.25, 0.3) is 67.5 Å². The Kier molecular flexibility index (Phi) is 36.6. The molecule has 4 N–H and O–H groups in total. The first kappa shape index (κ1) is 108. The lowest BCUT2D eigenvalue weighted by atomic mass is 10.0. The van der Waals surface area contributed by atoms with Gasteiger partial charge in [-0.15, -0.1) is 12.5 Å². The molecule has 8 heterocycles. The molecule has 0 unspecified atom stereocenters. The molecule has 15 rings (SSSR count). The van der Waals surface area contributed by atoms with Crippen LogP contribution in [0.4, 0.5) is 141 Å². The average molecular weight is 1990 g/mol. The summed E-state index contributed by atoms with van der Waals surface area (Å²) in [7, 11) is 0. The zero-order chi connectivity index (χ0) is 103. The monoisotopic (exact) mass is 1990 g/mol. The number of hydrogen-bond acceptors (Lipinski definition) is 12. The van der Waals surface area contributed by atoms with E-state index >= 15 is 0 Å². The summed E-state index contributed by atoms with van der Waals surface area (Å²) in [6.45, 7) is 11.7. The first-order valence-electron chi connectivity index (χ1n) is 42.4. The maximum atomic E-state index is 13.7. The second-order valence-corrected chi connectivity index (χ2v) is 31.0. The van der Waals surface area contributed by atoms with Gasteiger partial charge in [-0.05, 0) is 245 Å². The van der Waals surface area contributed by atoms with Crippen LogP contribution in [-0.4, -0.2) is 66.1 Å². The molecule has 0 spiro atoms. The number of anilines is 4. The first-order chi connectivity index (χ1) is 66.4. The van der Waals surface area contributed by atoms with Crippen molar-refractivity contribution in [3.63, 3.8) is 0 Å². The van der Waals surface area contributed by atoms with Crippen LogP contribution in [0, 0.1) is 66.5 Å². The van der Waals surface area contributed by atoms with Crippen LogP contribution in [0.3, 0.4) is 0 Å². The van der Waals surface area contributed by atoms with Gasteiger partial charge < -0.3 is 21.3 Å².